The number of carbonyl (C=O) groups is 1. The highest BCUT2D eigenvalue weighted by Crippen LogP contribution is 2.42. The van der Waals surface area contributed by atoms with Crippen LogP contribution >= 0.6 is 23.2 Å². The number of likely N-dealkylation sites (tertiary alicyclic amines) is 3. The van der Waals surface area contributed by atoms with Gasteiger partial charge in [0.1, 0.15) is 0 Å². The molecule has 5 rings (SSSR count). The van der Waals surface area contributed by atoms with E-state index in [1.807, 2.05) is 17.0 Å². The van der Waals surface area contributed by atoms with Crippen LogP contribution in [0.3, 0.4) is 0 Å². The Hall–Kier alpha value is -2.19. The molecule has 3 saturated heterocycles. The Kier molecular flexibility index (Phi) is 9.90. The molecule has 0 aromatic heterocycles. The first-order valence-electron chi connectivity index (χ1n) is 14.9. The van der Waals surface area contributed by atoms with Gasteiger partial charge in [-0.3, -0.25) is 4.79 Å². The first kappa shape index (κ1) is 30.3. The molecule has 3 fully saturated rings. The second kappa shape index (κ2) is 13.4. The highest BCUT2D eigenvalue weighted by atomic mass is 35.5. The highest BCUT2D eigenvalue weighted by molar-refractivity contribution is 6.42. The van der Waals surface area contributed by atoms with E-state index < -0.39 is 0 Å². The molecule has 0 aliphatic carbocycles. The first-order chi connectivity index (χ1) is 19.9. The molecule has 3 aliphatic rings. The molecular formula is C32H43Cl2N3O4. The Morgan fingerprint density at radius 1 is 0.878 bits per heavy atom. The van der Waals surface area contributed by atoms with Crippen LogP contribution in [0.25, 0.3) is 0 Å². The van der Waals surface area contributed by atoms with Crippen molar-refractivity contribution in [2.24, 2.45) is 0 Å². The van der Waals surface area contributed by atoms with Crippen molar-refractivity contribution in [3.63, 3.8) is 0 Å². The van der Waals surface area contributed by atoms with E-state index in [0.717, 1.165) is 44.1 Å². The van der Waals surface area contributed by atoms with Crippen molar-refractivity contribution in [2.75, 3.05) is 67.1 Å². The normalized spacial score (nSPS) is 22.6. The van der Waals surface area contributed by atoms with Crippen LogP contribution in [0.4, 0.5) is 0 Å². The molecule has 0 saturated carbocycles. The number of ether oxygens (including phenoxy) is 3. The number of piperidine rings is 2. The zero-order valence-electron chi connectivity index (χ0n) is 24.6. The lowest BCUT2D eigenvalue weighted by Gasteiger charge is -2.41. The standard InChI is InChI=1S/C32H43Cl2N3O4/c1-39-28-19-23(20-29(40-2)30(28)41-3)31(38)37-18-12-32(22-37,24-7-8-26(33)27(34)21-24)11-17-35-15-9-25(10-16-35)36-13-5-4-6-14-36/h7-8,19-21,25H,4-6,9-18,22H2,1-3H3/t32-/m1/s1. The molecule has 224 valence electrons. The average molecular weight is 605 g/mol. The minimum Gasteiger partial charge on any atom is -0.493 e. The number of hydrogen-bond donors (Lipinski definition) is 0. The largest absolute Gasteiger partial charge is 0.493 e. The van der Waals surface area contributed by atoms with E-state index in [-0.39, 0.29) is 11.3 Å². The summed E-state index contributed by atoms with van der Waals surface area (Å²) in [6, 6.07) is 10.2. The Labute approximate surface area is 254 Å². The van der Waals surface area contributed by atoms with Gasteiger partial charge in [0, 0.05) is 30.1 Å². The summed E-state index contributed by atoms with van der Waals surface area (Å²) in [7, 11) is 4.68. The van der Waals surface area contributed by atoms with Crippen LogP contribution < -0.4 is 14.2 Å². The zero-order valence-corrected chi connectivity index (χ0v) is 26.1. The summed E-state index contributed by atoms with van der Waals surface area (Å²) in [5.74, 6) is 1.37. The van der Waals surface area contributed by atoms with Gasteiger partial charge in [0.2, 0.25) is 5.75 Å². The maximum absolute atomic E-state index is 13.8. The summed E-state index contributed by atoms with van der Waals surface area (Å²) < 4.78 is 16.5. The van der Waals surface area contributed by atoms with Gasteiger partial charge in [-0.25, -0.2) is 0 Å². The second-order valence-corrected chi connectivity index (χ2v) is 12.5. The SMILES string of the molecule is COc1cc(C(=O)N2CC[C@@](CCN3CCC(N4CCCCC4)CC3)(c3ccc(Cl)c(Cl)c3)C2)cc(OC)c1OC. The van der Waals surface area contributed by atoms with Crippen LogP contribution in [-0.4, -0.2) is 93.8 Å². The van der Waals surface area contributed by atoms with E-state index in [9.17, 15) is 4.79 Å². The van der Waals surface area contributed by atoms with E-state index in [1.165, 1.54) is 45.2 Å². The minimum absolute atomic E-state index is 0.0477. The number of carbonyl (C=O) groups excluding carboxylic acids is 1. The molecule has 2 aromatic rings. The molecule has 0 bridgehead atoms. The fraction of sp³-hybridized carbons (Fsp3) is 0.594. The Bertz CT molecular complexity index is 1190. The van der Waals surface area contributed by atoms with Crippen molar-refractivity contribution in [3.8, 4) is 17.2 Å². The molecule has 1 atom stereocenters. The van der Waals surface area contributed by atoms with E-state index in [2.05, 4.69) is 15.9 Å². The molecule has 0 N–H and O–H groups in total. The predicted octanol–water partition coefficient (Wildman–Crippen LogP) is 6.14. The van der Waals surface area contributed by atoms with Gasteiger partial charge in [-0.15, -0.1) is 0 Å². The smallest absolute Gasteiger partial charge is 0.254 e. The summed E-state index contributed by atoms with van der Waals surface area (Å²) >= 11 is 12.8. The quantitative estimate of drug-likeness (QED) is 0.343. The number of nitrogens with zero attached hydrogens (tertiary/aromatic N) is 3. The number of amides is 1. The second-order valence-electron chi connectivity index (χ2n) is 11.7. The molecule has 0 unspecified atom stereocenters. The fourth-order valence-electron chi connectivity index (χ4n) is 7.01. The molecule has 0 spiro atoms. The number of rotatable bonds is 9. The molecule has 7 nitrogen and oxygen atoms in total. The molecule has 2 aromatic carbocycles. The summed E-state index contributed by atoms with van der Waals surface area (Å²) in [6.45, 7) is 7.07. The minimum atomic E-state index is -0.200. The maximum Gasteiger partial charge on any atom is 0.254 e. The third-order valence-corrected chi connectivity index (χ3v) is 10.2. The van der Waals surface area contributed by atoms with E-state index in [0.29, 0.717) is 45.9 Å². The molecule has 41 heavy (non-hydrogen) atoms. The first-order valence-corrected chi connectivity index (χ1v) is 15.6. The average Bonchev–Trinajstić information content (AvgIpc) is 3.46. The topological polar surface area (TPSA) is 54.5 Å². The van der Waals surface area contributed by atoms with Crippen molar-refractivity contribution in [1.29, 1.82) is 0 Å². The summed E-state index contributed by atoms with van der Waals surface area (Å²) in [6.07, 6.45) is 8.38. The number of benzene rings is 2. The van der Waals surface area contributed by atoms with Gasteiger partial charge in [-0.1, -0.05) is 35.7 Å². The van der Waals surface area contributed by atoms with Gasteiger partial charge >= 0.3 is 0 Å². The molecule has 3 heterocycles. The van der Waals surface area contributed by atoms with Crippen LogP contribution in [0, 0.1) is 0 Å². The lowest BCUT2D eigenvalue weighted by Crippen LogP contribution is -2.47. The van der Waals surface area contributed by atoms with Crippen LogP contribution in [0.5, 0.6) is 17.2 Å². The van der Waals surface area contributed by atoms with E-state index in [1.54, 1.807) is 33.5 Å². The van der Waals surface area contributed by atoms with Gasteiger partial charge < -0.3 is 28.9 Å². The Balaban J connectivity index is 1.32. The predicted molar refractivity (Wildman–Crippen MR) is 164 cm³/mol. The summed E-state index contributed by atoms with van der Waals surface area (Å²) in [4.78, 5) is 21.1. The Morgan fingerprint density at radius 3 is 2.17 bits per heavy atom. The third-order valence-electron chi connectivity index (χ3n) is 9.46. The Morgan fingerprint density at radius 2 is 1.56 bits per heavy atom. The summed E-state index contributed by atoms with van der Waals surface area (Å²) in [5, 5.41) is 1.11. The highest BCUT2D eigenvalue weighted by Gasteiger charge is 2.42. The number of methoxy groups -OCH3 is 3. The molecule has 3 aliphatic heterocycles. The maximum atomic E-state index is 13.8. The molecule has 9 heteroatoms. The third kappa shape index (κ3) is 6.58. The fourth-order valence-corrected chi connectivity index (χ4v) is 7.30. The lowest BCUT2D eigenvalue weighted by atomic mass is 9.76. The number of halogens is 2. The zero-order chi connectivity index (χ0) is 29.0. The molecule has 0 radical (unpaired) electrons. The van der Waals surface area contributed by atoms with Gasteiger partial charge in [-0.05, 0) is 101 Å². The van der Waals surface area contributed by atoms with Crippen molar-refractivity contribution >= 4 is 29.1 Å². The molecular weight excluding hydrogens is 561 g/mol. The van der Waals surface area contributed by atoms with Crippen LogP contribution in [0.2, 0.25) is 10.0 Å². The van der Waals surface area contributed by atoms with Crippen molar-refractivity contribution in [2.45, 2.75) is 56.4 Å². The lowest BCUT2D eigenvalue weighted by molar-refractivity contribution is 0.0771. The monoisotopic (exact) mass is 603 g/mol. The van der Waals surface area contributed by atoms with Gasteiger partial charge in [0.05, 0.1) is 31.4 Å². The van der Waals surface area contributed by atoms with Crippen molar-refractivity contribution in [3.05, 3.63) is 51.5 Å². The summed E-state index contributed by atoms with van der Waals surface area (Å²) in [5.41, 5.74) is 1.47. The van der Waals surface area contributed by atoms with Crippen molar-refractivity contribution < 1.29 is 19.0 Å². The molecule has 1 amide bonds. The van der Waals surface area contributed by atoms with Crippen LogP contribution in [0.1, 0.15) is 60.9 Å². The number of hydrogen-bond acceptors (Lipinski definition) is 6. The van der Waals surface area contributed by atoms with Crippen molar-refractivity contribution in [1.82, 2.24) is 14.7 Å². The van der Waals surface area contributed by atoms with Gasteiger partial charge in [-0.2, -0.15) is 0 Å². The van der Waals surface area contributed by atoms with Gasteiger partial charge in [0.15, 0.2) is 11.5 Å². The van der Waals surface area contributed by atoms with E-state index in [4.69, 9.17) is 37.4 Å². The van der Waals surface area contributed by atoms with Crippen LogP contribution in [-0.2, 0) is 5.41 Å². The van der Waals surface area contributed by atoms with Gasteiger partial charge in [0.25, 0.3) is 5.91 Å². The van der Waals surface area contributed by atoms with Crippen LogP contribution in [0.15, 0.2) is 30.3 Å². The van der Waals surface area contributed by atoms with E-state index >= 15 is 0 Å².